The van der Waals surface area contributed by atoms with Crippen molar-refractivity contribution in [1.82, 2.24) is 20.2 Å². The molecule has 1 aromatic carbocycles. The quantitative estimate of drug-likeness (QED) is 0.488. The van der Waals surface area contributed by atoms with Crippen LogP contribution >= 0.6 is 0 Å². The fourth-order valence-corrected chi connectivity index (χ4v) is 4.13. The zero-order valence-electron chi connectivity index (χ0n) is 20.2. The van der Waals surface area contributed by atoms with Crippen molar-refractivity contribution in [2.24, 2.45) is 5.41 Å². The highest BCUT2D eigenvalue weighted by Gasteiger charge is 2.48. The van der Waals surface area contributed by atoms with Crippen LogP contribution in [0.2, 0.25) is 0 Å². The number of benzene rings is 1. The maximum atomic E-state index is 14.8. The standard InChI is InChI=1S/C24H21F6N5O3/c1-23(2,3)21(24(28,29)30)33-20(37)13-10-35(17-14(26)8-11(25)9-15(17)27)19-12(18(13)36)4-5-16(32-19)34-7-6-31-22(34)38/h4-5,8-10,21H,6-7H2,1-3H3,(H,31,38)(H,33,37)/t21-/m0/s1. The number of nitrogens with zero attached hydrogens (tertiary/aromatic N) is 3. The summed E-state index contributed by atoms with van der Waals surface area (Å²) in [5.41, 5.74) is -4.81. The van der Waals surface area contributed by atoms with Crippen molar-refractivity contribution in [3.8, 4) is 5.69 Å². The first-order valence-electron chi connectivity index (χ1n) is 11.2. The Balaban J connectivity index is 1.97. The summed E-state index contributed by atoms with van der Waals surface area (Å²) in [6.45, 7) is 4.15. The van der Waals surface area contributed by atoms with E-state index in [4.69, 9.17) is 0 Å². The van der Waals surface area contributed by atoms with Crippen molar-refractivity contribution < 1.29 is 35.9 Å². The molecule has 1 fully saturated rings. The van der Waals surface area contributed by atoms with Crippen LogP contribution in [0.15, 0.2) is 35.3 Å². The molecule has 0 aliphatic carbocycles. The van der Waals surface area contributed by atoms with Crippen LogP contribution in [0.25, 0.3) is 16.7 Å². The van der Waals surface area contributed by atoms with Gasteiger partial charge >= 0.3 is 12.2 Å². The molecule has 0 spiro atoms. The van der Waals surface area contributed by atoms with Gasteiger partial charge in [0.15, 0.2) is 17.3 Å². The van der Waals surface area contributed by atoms with E-state index in [0.717, 1.165) is 6.07 Å². The van der Waals surface area contributed by atoms with Crippen LogP contribution in [0.5, 0.6) is 0 Å². The second kappa shape index (κ2) is 9.33. The van der Waals surface area contributed by atoms with Gasteiger partial charge in [0, 0.05) is 31.4 Å². The Labute approximate surface area is 211 Å². The lowest BCUT2D eigenvalue weighted by Gasteiger charge is -2.33. The number of amides is 3. The first-order chi connectivity index (χ1) is 17.6. The SMILES string of the molecule is CC(C)(C)[C@H](NC(=O)c1cn(-c2c(F)cc(F)cc2F)c2nc(N3CCNC3=O)ccc2c1=O)C(F)(F)F. The highest BCUT2D eigenvalue weighted by Crippen LogP contribution is 2.33. The molecule has 1 aliphatic rings. The third-order valence-electron chi connectivity index (χ3n) is 5.91. The lowest BCUT2D eigenvalue weighted by atomic mass is 9.86. The van der Waals surface area contributed by atoms with Crippen LogP contribution in [-0.4, -0.2) is 46.8 Å². The van der Waals surface area contributed by atoms with Gasteiger partial charge < -0.3 is 10.6 Å². The smallest absolute Gasteiger partial charge is 0.340 e. The molecule has 1 atom stereocenters. The van der Waals surface area contributed by atoms with Gasteiger partial charge in [-0.2, -0.15) is 13.2 Å². The Hall–Kier alpha value is -4.10. The van der Waals surface area contributed by atoms with Crippen LogP contribution in [0, 0.1) is 22.9 Å². The number of halogens is 6. The minimum absolute atomic E-state index is 0.00866. The number of alkyl halides is 3. The van der Waals surface area contributed by atoms with E-state index in [1.54, 1.807) is 5.32 Å². The molecular formula is C24H21F6N5O3. The number of anilines is 1. The summed E-state index contributed by atoms with van der Waals surface area (Å²) >= 11 is 0. The van der Waals surface area contributed by atoms with Gasteiger partial charge in [0.1, 0.15) is 28.9 Å². The summed E-state index contributed by atoms with van der Waals surface area (Å²) < 4.78 is 84.9. The van der Waals surface area contributed by atoms with E-state index in [0.29, 0.717) is 22.9 Å². The number of carbonyl (C=O) groups excluding carboxylic acids is 2. The van der Waals surface area contributed by atoms with Gasteiger partial charge in [-0.1, -0.05) is 20.8 Å². The number of hydrogen-bond donors (Lipinski definition) is 2. The first kappa shape index (κ1) is 26.9. The molecule has 38 heavy (non-hydrogen) atoms. The zero-order chi connectivity index (χ0) is 28.2. The number of rotatable bonds is 4. The van der Waals surface area contributed by atoms with Crippen molar-refractivity contribution in [1.29, 1.82) is 0 Å². The number of carbonyl (C=O) groups is 2. The molecule has 3 heterocycles. The molecule has 3 aromatic rings. The van der Waals surface area contributed by atoms with E-state index in [1.165, 1.54) is 31.7 Å². The van der Waals surface area contributed by atoms with E-state index >= 15 is 0 Å². The molecule has 0 saturated carbocycles. The monoisotopic (exact) mass is 541 g/mol. The van der Waals surface area contributed by atoms with Crippen molar-refractivity contribution in [2.75, 3.05) is 18.0 Å². The number of pyridine rings is 2. The minimum Gasteiger partial charge on any atom is -0.340 e. The Kier molecular flexibility index (Phi) is 6.62. The fourth-order valence-electron chi connectivity index (χ4n) is 4.13. The number of aromatic nitrogens is 2. The minimum atomic E-state index is -4.88. The predicted molar refractivity (Wildman–Crippen MR) is 125 cm³/mol. The summed E-state index contributed by atoms with van der Waals surface area (Å²) in [4.78, 5) is 43.7. The Morgan fingerprint density at radius 3 is 2.24 bits per heavy atom. The topological polar surface area (TPSA) is 96.3 Å². The van der Waals surface area contributed by atoms with Crippen molar-refractivity contribution in [3.63, 3.8) is 0 Å². The van der Waals surface area contributed by atoms with Crippen molar-refractivity contribution >= 4 is 28.8 Å². The van der Waals surface area contributed by atoms with Crippen LogP contribution in [0.3, 0.4) is 0 Å². The Bertz CT molecular complexity index is 1480. The number of fused-ring (bicyclic) bond motifs is 1. The van der Waals surface area contributed by atoms with Crippen molar-refractivity contribution in [3.05, 3.63) is 63.7 Å². The molecular weight excluding hydrogens is 520 g/mol. The van der Waals surface area contributed by atoms with Crippen LogP contribution in [0.4, 0.5) is 37.0 Å². The second-order valence-electron chi connectivity index (χ2n) is 9.70. The molecule has 202 valence electrons. The number of urea groups is 1. The lowest BCUT2D eigenvalue weighted by molar-refractivity contribution is -0.174. The highest BCUT2D eigenvalue weighted by molar-refractivity contribution is 5.98. The second-order valence-corrected chi connectivity index (χ2v) is 9.70. The molecule has 2 aromatic heterocycles. The Morgan fingerprint density at radius 1 is 1.08 bits per heavy atom. The normalized spacial score (nSPS) is 15.1. The van der Waals surface area contributed by atoms with Gasteiger partial charge in [0.2, 0.25) is 5.43 Å². The summed E-state index contributed by atoms with van der Waals surface area (Å²) in [5.74, 6) is -5.59. The fraction of sp³-hybridized carbons (Fsp3) is 0.333. The van der Waals surface area contributed by atoms with Crippen LogP contribution in [-0.2, 0) is 0 Å². The van der Waals surface area contributed by atoms with E-state index in [-0.39, 0.29) is 24.3 Å². The van der Waals surface area contributed by atoms with Gasteiger partial charge in [0.05, 0.1) is 5.39 Å². The van der Waals surface area contributed by atoms with E-state index in [1.807, 2.05) is 0 Å². The molecule has 8 nitrogen and oxygen atoms in total. The zero-order valence-corrected chi connectivity index (χ0v) is 20.2. The summed E-state index contributed by atoms with van der Waals surface area (Å²) in [6.07, 6.45) is -4.25. The molecule has 0 unspecified atom stereocenters. The third kappa shape index (κ3) is 4.89. The lowest BCUT2D eigenvalue weighted by Crippen LogP contribution is -2.53. The predicted octanol–water partition coefficient (Wildman–Crippen LogP) is 4.04. The van der Waals surface area contributed by atoms with Crippen LogP contribution < -0.4 is 21.0 Å². The van der Waals surface area contributed by atoms with Gasteiger partial charge in [-0.05, 0) is 17.5 Å². The average molecular weight is 541 g/mol. The summed E-state index contributed by atoms with van der Waals surface area (Å²) in [5, 5.41) is 3.94. The first-order valence-corrected chi connectivity index (χ1v) is 11.2. The molecule has 14 heteroatoms. The van der Waals surface area contributed by atoms with Crippen molar-refractivity contribution in [2.45, 2.75) is 33.0 Å². The third-order valence-corrected chi connectivity index (χ3v) is 5.91. The molecule has 2 N–H and O–H groups in total. The van der Waals surface area contributed by atoms with Gasteiger partial charge in [-0.25, -0.2) is 22.9 Å². The van der Waals surface area contributed by atoms with Crippen LogP contribution in [0.1, 0.15) is 31.1 Å². The maximum absolute atomic E-state index is 14.8. The van der Waals surface area contributed by atoms with E-state index < -0.39 is 69.3 Å². The van der Waals surface area contributed by atoms with E-state index in [9.17, 15) is 40.7 Å². The molecule has 1 aliphatic heterocycles. The summed E-state index contributed by atoms with van der Waals surface area (Å²) in [7, 11) is 0. The number of nitrogens with one attached hydrogen (secondary N) is 2. The number of hydrogen-bond acceptors (Lipinski definition) is 4. The van der Waals surface area contributed by atoms with Gasteiger partial charge in [0.25, 0.3) is 5.91 Å². The molecule has 3 amide bonds. The Morgan fingerprint density at radius 2 is 1.71 bits per heavy atom. The maximum Gasteiger partial charge on any atom is 0.409 e. The average Bonchev–Trinajstić information content (AvgIpc) is 3.22. The van der Waals surface area contributed by atoms with E-state index in [2.05, 4.69) is 10.3 Å². The molecule has 0 radical (unpaired) electrons. The van der Waals surface area contributed by atoms with Gasteiger partial charge in [-0.3, -0.25) is 19.1 Å². The summed E-state index contributed by atoms with van der Waals surface area (Å²) in [6, 6.07) is 0.161. The van der Waals surface area contributed by atoms with Gasteiger partial charge in [-0.15, -0.1) is 0 Å². The molecule has 0 bridgehead atoms. The molecule has 1 saturated heterocycles. The largest absolute Gasteiger partial charge is 0.409 e. The highest BCUT2D eigenvalue weighted by atomic mass is 19.4. The molecule has 4 rings (SSSR count).